The monoisotopic (exact) mass is 649 g/mol. The van der Waals surface area contributed by atoms with Crippen molar-refractivity contribution in [1.82, 2.24) is 19.5 Å². The lowest BCUT2D eigenvalue weighted by atomic mass is 9.96. The van der Waals surface area contributed by atoms with Crippen LogP contribution in [0.25, 0.3) is 11.2 Å². The third kappa shape index (κ3) is 6.61. The number of aromatic nitrogens is 4. The number of nitrogens with zero attached hydrogens (tertiary/aromatic N) is 4. The second kappa shape index (κ2) is 12.0. The highest BCUT2D eigenvalue weighted by Gasteiger charge is 2.54. The first-order chi connectivity index (χ1) is 19.0. The zero-order chi connectivity index (χ0) is 30.5. The SMILES string of the molecule is C[C@]1(COP(O)(=S)OP(=O)(O)OC2OC([C@@H](O)CO)C(O)C(O)C2O)O[C@@H](n2cnc3c(N)ncnc32)[C@H](O)[C@@H]1O. The number of rotatable bonds is 10. The van der Waals surface area contributed by atoms with Gasteiger partial charge in [0.1, 0.15) is 60.2 Å². The molecule has 2 aliphatic rings. The molecule has 2 fully saturated rings. The van der Waals surface area contributed by atoms with Crippen LogP contribution in [0.1, 0.15) is 13.2 Å². The van der Waals surface area contributed by atoms with E-state index in [2.05, 4.69) is 23.8 Å². The molecule has 4 heterocycles. The van der Waals surface area contributed by atoms with Gasteiger partial charge in [-0.3, -0.25) is 9.09 Å². The number of hydrogen-bond donors (Lipinski definition) is 10. The summed E-state index contributed by atoms with van der Waals surface area (Å²) in [5, 5.41) is 70.2. The summed E-state index contributed by atoms with van der Waals surface area (Å²) < 4.78 is 38.9. The third-order valence-electron chi connectivity index (χ3n) is 6.42. The van der Waals surface area contributed by atoms with Crippen LogP contribution >= 0.6 is 14.5 Å². The van der Waals surface area contributed by atoms with Crippen molar-refractivity contribution < 1.29 is 72.9 Å². The van der Waals surface area contributed by atoms with Crippen molar-refractivity contribution >= 4 is 43.3 Å². The van der Waals surface area contributed by atoms with Crippen molar-refractivity contribution in [3.8, 4) is 0 Å². The lowest BCUT2D eigenvalue weighted by molar-refractivity contribution is -0.292. The number of aliphatic hydroxyl groups is 7. The van der Waals surface area contributed by atoms with Gasteiger partial charge in [0, 0.05) is 0 Å². The van der Waals surface area contributed by atoms with E-state index in [0.29, 0.717) is 0 Å². The van der Waals surface area contributed by atoms with Gasteiger partial charge in [-0.2, -0.15) is 0 Å². The summed E-state index contributed by atoms with van der Waals surface area (Å²) in [5.74, 6) is 0.0542. The summed E-state index contributed by atoms with van der Waals surface area (Å²) in [6.07, 6.45) is -14.0. The molecule has 20 nitrogen and oxygen atoms in total. The first kappa shape index (κ1) is 32.6. The van der Waals surface area contributed by atoms with Gasteiger partial charge in [-0.15, -0.1) is 0 Å². The Labute approximate surface area is 235 Å². The van der Waals surface area contributed by atoms with E-state index in [4.69, 9.17) is 36.6 Å². The van der Waals surface area contributed by atoms with E-state index in [1.165, 1.54) is 17.8 Å². The summed E-state index contributed by atoms with van der Waals surface area (Å²) in [5.41, 5.74) is 4.35. The van der Waals surface area contributed by atoms with Crippen molar-refractivity contribution in [2.75, 3.05) is 18.9 Å². The van der Waals surface area contributed by atoms with Crippen LogP contribution in [0.15, 0.2) is 12.7 Å². The predicted octanol–water partition coefficient (Wildman–Crippen LogP) is -4.05. The summed E-state index contributed by atoms with van der Waals surface area (Å²) in [4.78, 5) is 32.5. The summed E-state index contributed by atoms with van der Waals surface area (Å²) >= 11 is 4.75. The summed E-state index contributed by atoms with van der Waals surface area (Å²) in [6.45, 7) is -5.17. The minimum Gasteiger partial charge on any atom is -0.394 e. The number of hydrogen-bond acceptors (Lipinski definition) is 18. The van der Waals surface area contributed by atoms with Crippen LogP contribution in [-0.2, 0) is 39.2 Å². The molecular weight excluding hydrogens is 620 g/mol. The average Bonchev–Trinajstić information content (AvgIpc) is 3.43. The summed E-state index contributed by atoms with van der Waals surface area (Å²) in [6, 6.07) is 0. The third-order valence-corrected chi connectivity index (χ3v) is 9.92. The van der Waals surface area contributed by atoms with Gasteiger partial charge >= 0.3 is 14.5 Å². The Morgan fingerprint density at radius 3 is 2.49 bits per heavy atom. The quantitative estimate of drug-likeness (QED) is 0.109. The molecular formula is C18H29N5O15P2S. The van der Waals surface area contributed by atoms with Gasteiger partial charge in [-0.1, -0.05) is 0 Å². The van der Waals surface area contributed by atoms with E-state index in [-0.39, 0.29) is 17.0 Å². The van der Waals surface area contributed by atoms with Crippen LogP contribution in [0.5, 0.6) is 0 Å². The van der Waals surface area contributed by atoms with Gasteiger partial charge in [0.05, 0.1) is 19.5 Å². The van der Waals surface area contributed by atoms with Crippen molar-refractivity contribution in [2.45, 2.75) is 67.8 Å². The fourth-order valence-corrected chi connectivity index (χ4v) is 7.38. The van der Waals surface area contributed by atoms with Gasteiger partial charge in [-0.05, 0) is 18.7 Å². The molecule has 2 aromatic heterocycles. The van der Waals surface area contributed by atoms with Crippen LogP contribution in [0.2, 0.25) is 0 Å². The maximum atomic E-state index is 12.6. The van der Waals surface area contributed by atoms with Gasteiger partial charge < -0.3 is 65.3 Å². The number of fused-ring (bicyclic) bond motifs is 1. The summed E-state index contributed by atoms with van der Waals surface area (Å²) in [7, 11) is -5.47. The maximum absolute atomic E-state index is 12.6. The van der Waals surface area contributed by atoms with Crippen LogP contribution in [0.4, 0.5) is 5.82 Å². The second-order valence-corrected chi connectivity index (χ2v) is 13.8. The highest BCUT2D eigenvalue weighted by Crippen LogP contribution is 2.62. The minimum absolute atomic E-state index is 0.0542. The Balaban J connectivity index is 1.42. The molecule has 0 radical (unpaired) electrons. The van der Waals surface area contributed by atoms with Crippen LogP contribution in [-0.4, -0.2) is 133 Å². The van der Waals surface area contributed by atoms with E-state index < -0.39 is 88.6 Å². The molecule has 0 bridgehead atoms. The topological polar surface area (TPSA) is 315 Å². The van der Waals surface area contributed by atoms with Crippen LogP contribution < -0.4 is 5.73 Å². The molecule has 7 unspecified atom stereocenters. The van der Waals surface area contributed by atoms with E-state index in [1.807, 2.05) is 0 Å². The van der Waals surface area contributed by atoms with Gasteiger partial charge in [0.15, 0.2) is 24.0 Å². The highest BCUT2D eigenvalue weighted by atomic mass is 32.5. The van der Waals surface area contributed by atoms with Crippen molar-refractivity contribution in [2.24, 2.45) is 0 Å². The van der Waals surface area contributed by atoms with Crippen molar-refractivity contribution in [1.29, 1.82) is 0 Å². The zero-order valence-corrected chi connectivity index (χ0v) is 23.5. The molecule has 2 saturated heterocycles. The Bertz CT molecular complexity index is 1340. The molecule has 0 saturated carbocycles. The van der Waals surface area contributed by atoms with E-state index in [1.54, 1.807) is 0 Å². The van der Waals surface area contributed by atoms with E-state index in [0.717, 1.165) is 6.33 Å². The van der Waals surface area contributed by atoms with E-state index >= 15 is 0 Å². The number of imidazole rings is 1. The molecule has 4 rings (SSSR count). The van der Waals surface area contributed by atoms with Gasteiger partial charge in [-0.25, -0.2) is 23.8 Å². The Hall–Kier alpha value is -1.33. The number of nitrogens with two attached hydrogens (primary N) is 1. The van der Waals surface area contributed by atoms with Crippen molar-refractivity contribution in [3.63, 3.8) is 0 Å². The van der Waals surface area contributed by atoms with Crippen molar-refractivity contribution in [3.05, 3.63) is 12.7 Å². The standard InChI is InChI=1S/C18H29N5O15P2S/c1-18(13(30)11(29)16(36-18)23-5-22-7-14(19)20-4-21-15(7)23)3-34-40(33,41)38-39(31,32)37-17-10(28)8(26)9(27)12(35-17)6(25)2-24/h4-6,8-13,16-17,24-30H,2-3H2,1H3,(H,31,32)(H,33,41)(H2,19,20,21)/t6-,8?,9?,10?,11+,12?,13-,16+,17?,18+,40?/m0/s1. The largest absolute Gasteiger partial charge is 0.481 e. The number of phosphoric acid groups is 1. The number of ether oxygens (including phenoxy) is 2. The fourth-order valence-electron chi connectivity index (χ4n) is 4.23. The molecule has 0 spiro atoms. The lowest BCUT2D eigenvalue weighted by Crippen LogP contribution is -2.61. The Kier molecular flexibility index (Phi) is 9.52. The van der Waals surface area contributed by atoms with Gasteiger partial charge in [0.2, 0.25) is 0 Å². The van der Waals surface area contributed by atoms with Gasteiger partial charge in [0.25, 0.3) is 0 Å². The van der Waals surface area contributed by atoms with Crippen LogP contribution in [0, 0.1) is 0 Å². The molecule has 0 amide bonds. The minimum atomic E-state index is -5.47. The Morgan fingerprint density at radius 2 is 1.83 bits per heavy atom. The molecule has 41 heavy (non-hydrogen) atoms. The number of phosphoric ester groups is 1. The predicted molar refractivity (Wildman–Crippen MR) is 135 cm³/mol. The second-order valence-electron chi connectivity index (χ2n) is 9.43. The lowest BCUT2D eigenvalue weighted by Gasteiger charge is -2.41. The smallest absolute Gasteiger partial charge is 0.394 e. The molecule has 23 heteroatoms. The maximum Gasteiger partial charge on any atom is 0.481 e. The number of aliphatic hydroxyl groups excluding tert-OH is 7. The van der Waals surface area contributed by atoms with E-state index in [9.17, 15) is 45.0 Å². The van der Waals surface area contributed by atoms with Crippen LogP contribution in [0.3, 0.4) is 0 Å². The first-order valence-corrected chi connectivity index (χ1v) is 15.7. The number of nitrogen functional groups attached to an aromatic ring is 1. The normalized spacial score (nSPS) is 38.0. The molecule has 12 atom stereocenters. The fraction of sp³-hybridized carbons (Fsp3) is 0.722. The molecule has 11 N–H and O–H groups in total. The molecule has 2 aromatic rings. The average molecular weight is 649 g/mol. The first-order valence-electron chi connectivity index (χ1n) is 11.7. The molecule has 0 aliphatic carbocycles. The zero-order valence-electron chi connectivity index (χ0n) is 20.9. The number of anilines is 1. The molecule has 2 aliphatic heterocycles. The molecule has 0 aromatic carbocycles. The Morgan fingerprint density at radius 1 is 1.15 bits per heavy atom. The molecule has 232 valence electrons. The highest BCUT2D eigenvalue weighted by molar-refractivity contribution is 8.08.